The Morgan fingerprint density at radius 3 is 2.56 bits per heavy atom. The molecule has 1 amide bonds. The lowest BCUT2D eigenvalue weighted by atomic mass is 10.0. The third-order valence-corrected chi connectivity index (χ3v) is 7.20. The molecule has 0 bridgehead atoms. The number of thiazole rings is 1. The van der Waals surface area contributed by atoms with Gasteiger partial charge in [-0.2, -0.15) is 0 Å². The first-order chi connectivity index (χ1) is 15.7. The summed E-state index contributed by atoms with van der Waals surface area (Å²) in [6, 6.07) is 21.3. The molecule has 164 valence electrons. The van der Waals surface area contributed by atoms with Crippen LogP contribution in [-0.4, -0.2) is 53.4 Å². The molecule has 0 unspecified atom stereocenters. The van der Waals surface area contributed by atoms with Crippen LogP contribution in [0.15, 0.2) is 60.7 Å². The quantitative estimate of drug-likeness (QED) is 0.459. The molecule has 0 radical (unpaired) electrons. The highest BCUT2D eigenvalue weighted by atomic mass is 32.1. The molecule has 0 spiro atoms. The Balaban J connectivity index is 1.10. The number of piperazine rings is 1. The molecule has 3 aromatic carbocycles. The topological polar surface area (TPSA) is 48.5 Å². The number of nitrogens with one attached hydrogen (secondary N) is 1. The van der Waals surface area contributed by atoms with Crippen molar-refractivity contribution < 1.29 is 4.79 Å². The van der Waals surface area contributed by atoms with Gasteiger partial charge in [-0.25, -0.2) is 4.98 Å². The average Bonchev–Trinajstić information content (AvgIpc) is 3.23. The van der Waals surface area contributed by atoms with Gasteiger partial charge in [-0.05, 0) is 34.9 Å². The van der Waals surface area contributed by atoms with Gasteiger partial charge in [0.15, 0.2) is 5.13 Å². The second kappa shape index (κ2) is 9.36. The summed E-state index contributed by atoms with van der Waals surface area (Å²) in [6.45, 7) is 7.87. The van der Waals surface area contributed by atoms with Crippen molar-refractivity contribution >= 4 is 43.4 Å². The van der Waals surface area contributed by atoms with Crippen molar-refractivity contribution in [2.75, 3.05) is 38.0 Å². The Morgan fingerprint density at radius 2 is 1.72 bits per heavy atom. The van der Waals surface area contributed by atoms with Gasteiger partial charge in [-0.3, -0.25) is 9.69 Å². The Bertz CT molecular complexity index is 1240. The molecule has 32 heavy (non-hydrogen) atoms. The van der Waals surface area contributed by atoms with Gasteiger partial charge in [0.05, 0.1) is 10.2 Å². The maximum absolute atomic E-state index is 12.5. The molecule has 1 aliphatic rings. The third-order valence-electron chi connectivity index (χ3n) is 6.26. The summed E-state index contributed by atoms with van der Waals surface area (Å²) in [5.41, 5.74) is 3.51. The van der Waals surface area contributed by atoms with Gasteiger partial charge in [0, 0.05) is 45.7 Å². The van der Waals surface area contributed by atoms with Gasteiger partial charge < -0.3 is 10.2 Å². The number of amides is 1. The second-order valence-electron chi connectivity index (χ2n) is 8.49. The molecular weight excluding hydrogens is 416 g/mol. The SMILES string of the molecule is Cc1cccc2sc(NC(=O)CCN3CCN(Cc4cccc5ccccc45)CC3)nc12. The smallest absolute Gasteiger partial charge is 0.227 e. The molecule has 1 aliphatic heterocycles. The van der Waals surface area contributed by atoms with Crippen LogP contribution in [0.25, 0.3) is 21.0 Å². The number of aryl methyl sites for hydroxylation is 1. The summed E-state index contributed by atoms with van der Waals surface area (Å²) >= 11 is 1.54. The van der Waals surface area contributed by atoms with Crippen molar-refractivity contribution in [2.24, 2.45) is 0 Å². The van der Waals surface area contributed by atoms with Crippen LogP contribution >= 0.6 is 11.3 Å². The highest BCUT2D eigenvalue weighted by Gasteiger charge is 2.18. The van der Waals surface area contributed by atoms with E-state index < -0.39 is 0 Å². The normalized spacial score (nSPS) is 15.4. The third kappa shape index (κ3) is 4.67. The summed E-state index contributed by atoms with van der Waals surface area (Å²) in [5.74, 6) is 0.0416. The van der Waals surface area contributed by atoms with Crippen molar-refractivity contribution in [1.29, 1.82) is 0 Å². The minimum absolute atomic E-state index is 0.0416. The first kappa shape index (κ1) is 21.1. The number of nitrogens with zero attached hydrogens (tertiary/aromatic N) is 3. The first-order valence-electron chi connectivity index (χ1n) is 11.2. The fraction of sp³-hybridized carbons (Fsp3) is 0.308. The molecule has 2 heterocycles. The molecule has 0 aliphatic carbocycles. The van der Waals surface area contributed by atoms with Crippen LogP contribution in [-0.2, 0) is 11.3 Å². The van der Waals surface area contributed by atoms with Gasteiger partial charge in [-0.15, -0.1) is 0 Å². The molecule has 0 atom stereocenters. The number of rotatable bonds is 6. The zero-order chi connectivity index (χ0) is 21.9. The van der Waals surface area contributed by atoms with Crippen molar-refractivity contribution in [3.05, 3.63) is 71.8 Å². The fourth-order valence-corrected chi connectivity index (χ4v) is 5.38. The number of hydrogen-bond acceptors (Lipinski definition) is 5. The van der Waals surface area contributed by atoms with Crippen LogP contribution in [0.2, 0.25) is 0 Å². The molecular formula is C26H28N4OS. The standard InChI is InChI=1S/C26H28N4OS/c1-19-6-4-11-23-25(19)28-26(32-23)27-24(31)12-13-29-14-16-30(17-15-29)18-21-9-5-8-20-7-2-3-10-22(20)21/h2-11H,12-18H2,1H3,(H,27,28,31). The van der Waals surface area contributed by atoms with Crippen molar-refractivity contribution in [1.82, 2.24) is 14.8 Å². The number of carbonyl (C=O) groups excluding carboxylic acids is 1. The molecule has 5 nitrogen and oxygen atoms in total. The predicted octanol–water partition coefficient (Wildman–Crippen LogP) is 4.90. The molecule has 1 aromatic heterocycles. The predicted molar refractivity (Wildman–Crippen MR) is 133 cm³/mol. The lowest BCUT2D eigenvalue weighted by Gasteiger charge is -2.34. The first-order valence-corrected chi connectivity index (χ1v) is 12.0. The summed E-state index contributed by atoms with van der Waals surface area (Å²) in [5, 5.41) is 6.33. The van der Waals surface area contributed by atoms with Gasteiger partial charge in [0.25, 0.3) is 0 Å². The summed E-state index contributed by atoms with van der Waals surface area (Å²) in [4.78, 5) is 22.0. The van der Waals surface area contributed by atoms with E-state index in [9.17, 15) is 4.79 Å². The molecule has 1 fully saturated rings. The highest BCUT2D eigenvalue weighted by Crippen LogP contribution is 2.28. The molecule has 1 N–H and O–H groups in total. The van der Waals surface area contributed by atoms with Crippen LogP contribution in [0.1, 0.15) is 17.5 Å². The van der Waals surface area contributed by atoms with E-state index in [0.717, 1.165) is 55.0 Å². The number of carbonyl (C=O) groups is 1. The van der Waals surface area contributed by atoms with Crippen LogP contribution in [0.5, 0.6) is 0 Å². The van der Waals surface area contributed by atoms with E-state index in [1.54, 1.807) is 0 Å². The fourth-order valence-electron chi connectivity index (χ4n) is 4.42. The van der Waals surface area contributed by atoms with E-state index in [2.05, 4.69) is 62.6 Å². The van der Waals surface area contributed by atoms with Crippen LogP contribution in [0, 0.1) is 6.92 Å². The lowest BCUT2D eigenvalue weighted by molar-refractivity contribution is -0.116. The Morgan fingerprint density at radius 1 is 0.969 bits per heavy atom. The van der Waals surface area contributed by atoms with E-state index in [4.69, 9.17) is 0 Å². The number of fused-ring (bicyclic) bond motifs is 2. The summed E-state index contributed by atoms with van der Waals surface area (Å²) in [7, 11) is 0. The Labute approximate surface area is 192 Å². The van der Waals surface area contributed by atoms with E-state index in [0.29, 0.717) is 11.6 Å². The maximum Gasteiger partial charge on any atom is 0.227 e. The van der Waals surface area contributed by atoms with Crippen LogP contribution in [0.4, 0.5) is 5.13 Å². The number of anilines is 1. The minimum Gasteiger partial charge on any atom is -0.302 e. The molecule has 5 rings (SSSR count). The number of aromatic nitrogens is 1. The van der Waals surface area contributed by atoms with Gasteiger partial charge in [0.1, 0.15) is 0 Å². The molecule has 1 saturated heterocycles. The van der Waals surface area contributed by atoms with E-state index in [1.165, 1.54) is 27.7 Å². The Hall–Kier alpha value is -2.80. The number of benzene rings is 3. The van der Waals surface area contributed by atoms with Gasteiger partial charge >= 0.3 is 0 Å². The summed E-state index contributed by atoms with van der Waals surface area (Å²) in [6.07, 6.45) is 0.498. The molecule has 6 heteroatoms. The van der Waals surface area contributed by atoms with Crippen LogP contribution in [0.3, 0.4) is 0 Å². The zero-order valence-electron chi connectivity index (χ0n) is 18.4. The largest absolute Gasteiger partial charge is 0.302 e. The zero-order valence-corrected chi connectivity index (χ0v) is 19.2. The number of para-hydroxylation sites is 1. The number of hydrogen-bond donors (Lipinski definition) is 1. The Kier molecular flexibility index (Phi) is 6.17. The second-order valence-corrected chi connectivity index (χ2v) is 9.53. The van der Waals surface area contributed by atoms with Gasteiger partial charge in [-0.1, -0.05) is 65.9 Å². The van der Waals surface area contributed by atoms with E-state index in [-0.39, 0.29) is 5.91 Å². The molecule has 0 saturated carbocycles. The van der Waals surface area contributed by atoms with Crippen LogP contribution < -0.4 is 5.32 Å². The van der Waals surface area contributed by atoms with Crippen molar-refractivity contribution in [2.45, 2.75) is 19.9 Å². The minimum atomic E-state index is 0.0416. The van der Waals surface area contributed by atoms with E-state index >= 15 is 0 Å². The van der Waals surface area contributed by atoms with E-state index in [1.807, 2.05) is 25.1 Å². The highest BCUT2D eigenvalue weighted by molar-refractivity contribution is 7.22. The molecule has 4 aromatic rings. The van der Waals surface area contributed by atoms with Gasteiger partial charge in [0.2, 0.25) is 5.91 Å². The average molecular weight is 445 g/mol. The lowest BCUT2D eigenvalue weighted by Crippen LogP contribution is -2.46. The summed E-state index contributed by atoms with van der Waals surface area (Å²) < 4.78 is 1.11. The van der Waals surface area contributed by atoms with Crippen molar-refractivity contribution in [3.8, 4) is 0 Å². The maximum atomic E-state index is 12.5. The monoisotopic (exact) mass is 444 g/mol. The van der Waals surface area contributed by atoms with Crippen molar-refractivity contribution in [3.63, 3.8) is 0 Å².